The molecule has 0 aliphatic heterocycles. The first kappa shape index (κ1) is 13.1. The molecule has 0 aromatic carbocycles. The van der Waals surface area contributed by atoms with Crippen molar-refractivity contribution in [2.45, 2.75) is 39.9 Å². The van der Waals surface area contributed by atoms with Gasteiger partial charge in [0.15, 0.2) is 0 Å². The van der Waals surface area contributed by atoms with Crippen LogP contribution in [-0.4, -0.2) is 45.8 Å². The lowest BCUT2D eigenvalue weighted by Gasteiger charge is -2.17. The molecule has 0 bridgehead atoms. The average Bonchev–Trinajstić information content (AvgIpc) is 2.64. The zero-order valence-electron chi connectivity index (χ0n) is 10.8. The van der Waals surface area contributed by atoms with Crippen molar-refractivity contribution in [3.63, 3.8) is 0 Å². The van der Waals surface area contributed by atoms with Gasteiger partial charge in [0.1, 0.15) is 12.2 Å². The van der Waals surface area contributed by atoms with Crippen LogP contribution in [0, 0.1) is 0 Å². The SMILES string of the molecule is CCn1ncnc1CN(C)CCNC(C)C. The zero-order valence-corrected chi connectivity index (χ0v) is 10.8. The van der Waals surface area contributed by atoms with Crippen LogP contribution in [0.3, 0.4) is 0 Å². The molecule has 0 aliphatic carbocycles. The monoisotopic (exact) mass is 225 g/mol. The van der Waals surface area contributed by atoms with Crippen LogP contribution in [-0.2, 0) is 13.1 Å². The van der Waals surface area contributed by atoms with Crippen molar-refractivity contribution in [2.24, 2.45) is 0 Å². The van der Waals surface area contributed by atoms with Gasteiger partial charge in [-0.3, -0.25) is 4.90 Å². The van der Waals surface area contributed by atoms with Crippen molar-refractivity contribution in [2.75, 3.05) is 20.1 Å². The smallest absolute Gasteiger partial charge is 0.140 e. The van der Waals surface area contributed by atoms with Crippen LogP contribution in [0.15, 0.2) is 6.33 Å². The lowest BCUT2D eigenvalue weighted by Crippen LogP contribution is -2.33. The first-order valence-corrected chi connectivity index (χ1v) is 5.92. The number of hydrogen-bond donors (Lipinski definition) is 1. The fourth-order valence-corrected chi connectivity index (χ4v) is 1.54. The van der Waals surface area contributed by atoms with Crippen molar-refractivity contribution in [1.29, 1.82) is 0 Å². The molecule has 92 valence electrons. The third-order valence-corrected chi connectivity index (χ3v) is 2.45. The molecule has 0 saturated carbocycles. The maximum Gasteiger partial charge on any atom is 0.140 e. The highest BCUT2D eigenvalue weighted by Gasteiger charge is 2.06. The molecule has 1 N–H and O–H groups in total. The number of aryl methyl sites for hydroxylation is 1. The predicted octanol–water partition coefficient (Wildman–Crippen LogP) is 0.728. The second kappa shape index (κ2) is 6.60. The first-order chi connectivity index (χ1) is 7.63. The molecule has 0 atom stereocenters. The van der Waals surface area contributed by atoms with E-state index < -0.39 is 0 Å². The molecule has 16 heavy (non-hydrogen) atoms. The van der Waals surface area contributed by atoms with Crippen LogP contribution in [0.1, 0.15) is 26.6 Å². The molecule has 1 aromatic heterocycles. The molecule has 0 aliphatic rings. The Balaban J connectivity index is 2.31. The Labute approximate surface area is 97.9 Å². The third-order valence-electron chi connectivity index (χ3n) is 2.45. The molecule has 0 radical (unpaired) electrons. The molecule has 1 aromatic rings. The maximum absolute atomic E-state index is 4.26. The van der Waals surface area contributed by atoms with Crippen LogP contribution >= 0.6 is 0 Å². The average molecular weight is 225 g/mol. The van der Waals surface area contributed by atoms with E-state index in [2.05, 4.69) is 48.1 Å². The lowest BCUT2D eigenvalue weighted by molar-refractivity contribution is 0.305. The van der Waals surface area contributed by atoms with Gasteiger partial charge in [-0.1, -0.05) is 13.8 Å². The second-order valence-corrected chi connectivity index (χ2v) is 4.34. The summed E-state index contributed by atoms with van der Waals surface area (Å²) < 4.78 is 1.94. The Kier molecular flexibility index (Phi) is 5.42. The number of likely N-dealkylation sites (N-methyl/N-ethyl adjacent to an activating group) is 1. The van der Waals surface area contributed by atoms with Crippen LogP contribution < -0.4 is 5.32 Å². The number of nitrogens with zero attached hydrogens (tertiary/aromatic N) is 4. The molecule has 0 fully saturated rings. The quantitative estimate of drug-likeness (QED) is 0.743. The van der Waals surface area contributed by atoms with E-state index in [-0.39, 0.29) is 0 Å². The molecule has 0 unspecified atom stereocenters. The van der Waals surface area contributed by atoms with Gasteiger partial charge < -0.3 is 5.32 Å². The van der Waals surface area contributed by atoms with E-state index in [1.165, 1.54) is 0 Å². The minimum absolute atomic E-state index is 0.549. The van der Waals surface area contributed by atoms with Crippen molar-refractivity contribution in [3.8, 4) is 0 Å². The summed E-state index contributed by atoms with van der Waals surface area (Å²) in [5.41, 5.74) is 0. The van der Waals surface area contributed by atoms with Crippen molar-refractivity contribution >= 4 is 0 Å². The highest BCUT2D eigenvalue weighted by atomic mass is 15.3. The molecule has 1 heterocycles. The number of hydrogen-bond acceptors (Lipinski definition) is 4. The Hall–Kier alpha value is -0.940. The molecule has 0 amide bonds. The summed E-state index contributed by atoms with van der Waals surface area (Å²) in [6.07, 6.45) is 1.62. The molecule has 0 spiro atoms. The zero-order chi connectivity index (χ0) is 12.0. The van der Waals surface area contributed by atoms with Gasteiger partial charge in [-0.05, 0) is 14.0 Å². The summed E-state index contributed by atoms with van der Waals surface area (Å²) in [6.45, 7) is 10.2. The highest BCUT2D eigenvalue weighted by Crippen LogP contribution is 1.98. The Morgan fingerprint density at radius 1 is 1.50 bits per heavy atom. The second-order valence-electron chi connectivity index (χ2n) is 4.34. The Bertz CT molecular complexity index is 294. The lowest BCUT2D eigenvalue weighted by atomic mass is 10.4. The van der Waals surface area contributed by atoms with Gasteiger partial charge in [-0.15, -0.1) is 0 Å². The summed E-state index contributed by atoms with van der Waals surface area (Å²) in [5.74, 6) is 1.04. The fraction of sp³-hybridized carbons (Fsp3) is 0.818. The molecule has 5 nitrogen and oxygen atoms in total. The molecule has 5 heteroatoms. The predicted molar refractivity (Wildman–Crippen MR) is 65.2 cm³/mol. The van der Waals surface area contributed by atoms with Crippen LogP contribution in [0.2, 0.25) is 0 Å². The first-order valence-electron chi connectivity index (χ1n) is 5.92. The van der Waals surface area contributed by atoms with E-state index in [1.54, 1.807) is 6.33 Å². The topological polar surface area (TPSA) is 46.0 Å². The van der Waals surface area contributed by atoms with E-state index in [0.29, 0.717) is 6.04 Å². The van der Waals surface area contributed by atoms with Gasteiger partial charge in [0.25, 0.3) is 0 Å². The minimum Gasteiger partial charge on any atom is -0.313 e. The van der Waals surface area contributed by atoms with Crippen molar-refractivity contribution in [1.82, 2.24) is 25.0 Å². The van der Waals surface area contributed by atoms with Gasteiger partial charge in [-0.25, -0.2) is 9.67 Å². The largest absolute Gasteiger partial charge is 0.313 e. The normalized spacial score (nSPS) is 11.6. The molecular weight excluding hydrogens is 202 g/mol. The maximum atomic E-state index is 4.26. The van der Waals surface area contributed by atoms with Gasteiger partial charge in [0, 0.05) is 25.7 Å². The van der Waals surface area contributed by atoms with Gasteiger partial charge in [0.2, 0.25) is 0 Å². The van der Waals surface area contributed by atoms with Gasteiger partial charge in [-0.2, -0.15) is 5.10 Å². The molecular formula is C11H23N5. The van der Waals surface area contributed by atoms with Crippen LogP contribution in [0.25, 0.3) is 0 Å². The number of rotatable bonds is 7. The van der Waals surface area contributed by atoms with E-state index in [9.17, 15) is 0 Å². The minimum atomic E-state index is 0.549. The molecule has 0 saturated heterocycles. The standard InChI is InChI=1S/C11H23N5/c1-5-16-11(13-9-14-16)8-15(4)7-6-12-10(2)3/h9-10,12H,5-8H2,1-4H3. The summed E-state index contributed by atoms with van der Waals surface area (Å²) in [6, 6.07) is 0.549. The van der Waals surface area contributed by atoms with E-state index in [0.717, 1.165) is 32.0 Å². The summed E-state index contributed by atoms with van der Waals surface area (Å²) in [4.78, 5) is 6.52. The van der Waals surface area contributed by atoms with E-state index in [1.807, 2.05) is 4.68 Å². The summed E-state index contributed by atoms with van der Waals surface area (Å²) in [7, 11) is 2.11. The van der Waals surface area contributed by atoms with Crippen molar-refractivity contribution in [3.05, 3.63) is 12.2 Å². The Morgan fingerprint density at radius 2 is 2.25 bits per heavy atom. The van der Waals surface area contributed by atoms with Gasteiger partial charge in [0.05, 0.1) is 6.54 Å². The van der Waals surface area contributed by atoms with E-state index >= 15 is 0 Å². The summed E-state index contributed by atoms with van der Waals surface area (Å²) in [5, 5.41) is 7.56. The highest BCUT2D eigenvalue weighted by molar-refractivity contribution is 4.83. The summed E-state index contributed by atoms with van der Waals surface area (Å²) >= 11 is 0. The van der Waals surface area contributed by atoms with Crippen LogP contribution in [0.4, 0.5) is 0 Å². The fourth-order valence-electron chi connectivity index (χ4n) is 1.54. The van der Waals surface area contributed by atoms with Crippen LogP contribution in [0.5, 0.6) is 0 Å². The third kappa shape index (κ3) is 4.28. The molecule has 1 rings (SSSR count). The van der Waals surface area contributed by atoms with Crippen molar-refractivity contribution < 1.29 is 0 Å². The Morgan fingerprint density at radius 3 is 2.88 bits per heavy atom. The van der Waals surface area contributed by atoms with E-state index in [4.69, 9.17) is 0 Å². The number of aromatic nitrogens is 3. The number of nitrogens with one attached hydrogen (secondary N) is 1. The van der Waals surface area contributed by atoms with Gasteiger partial charge >= 0.3 is 0 Å².